The molecule has 0 saturated heterocycles. The van der Waals surface area contributed by atoms with E-state index in [0.29, 0.717) is 28.8 Å². The Labute approximate surface area is 160 Å². The highest BCUT2D eigenvalue weighted by Gasteiger charge is 2.13. The van der Waals surface area contributed by atoms with Gasteiger partial charge in [0.2, 0.25) is 0 Å². The second kappa shape index (κ2) is 9.09. The lowest BCUT2D eigenvalue weighted by atomic mass is 10.3. The van der Waals surface area contributed by atoms with E-state index in [9.17, 15) is 9.59 Å². The van der Waals surface area contributed by atoms with E-state index in [0.717, 1.165) is 17.3 Å². The third-order valence-corrected chi connectivity index (χ3v) is 4.21. The van der Waals surface area contributed by atoms with Gasteiger partial charge in [-0.15, -0.1) is 0 Å². The molecule has 3 aromatic rings. The number of carbonyl (C=O) groups is 2. The molecule has 27 heavy (non-hydrogen) atoms. The molecule has 3 rings (SSSR count). The number of hydrogen-bond acceptors (Lipinski definition) is 7. The Kier molecular flexibility index (Phi) is 6.32. The third-order valence-electron chi connectivity index (χ3n) is 3.41. The fraction of sp³-hybridized carbons (Fsp3) is 0.211. The average molecular weight is 386 g/mol. The molecule has 0 aliphatic heterocycles. The molecule has 0 aliphatic rings. The zero-order valence-corrected chi connectivity index (χ0v) is 15.5. The van der Waals surface area contributed by atoms with Gasteiger partial charge in [0.1, 0.15) is 17.0 Å². The first kappa shape index (κ1) is 18.8. The highest BCUT2D eigenvalue weighted by molar-refractivity contribution is 7.99. The number of anilines is 1. The van der Waals surface area contributed by atoms with Crippen LogP contribution in [-0.4, -0.2) is 35.8 Å². The molecule has 140 valence electrons. The van der Waals surface area contributed by atoms with Crippen LogP contribution in [0, 0.1) is 0 Å². The van der Waals surface area contributed by atoms with Gasteiger partial charge >= 0.3 is 5.97 Å². The van der Waals surface area contributed by atoms with E-state index in [1.807, 2.05) is 31.2 Å². The second-order valence-corrected chi connectivity index (χ2v) is 6.30. The molecule has 8 heteroatoms. The van der Waals surface area contributed by atoms with Gasteiger partial charge in [0.05, 0.1) is 12.3 Å². The van der Waals surface area contributed by atoms with Crippen molar-refractivity contribution in [1.29, 1.82) is 0 Å². The number of carbonyl (C=O) groups excluding carboxylic acids is 2. The second-order valence-electron chi connectivity index (χ2n) is 5.37. The van der Waals surface area contributed by atoms with E-state index in [1.54, 1.807) is 24.3 Å². The lowest BCUT2D eigenvalue weighted by Gasteiger charge is -2.11. The van der Waals surface area contributed by atoms with Crippen LogP contribution in [0.3, 0.4) is 0 Å². The molecule has 0 aliphatic carbocycles. The zero-order chi connectivity index (χ0) is 19.1. The summed E-state index contributed by atoms with van der Waals surface area (Å²) >= 11 is 1.11. The number of aromatic nitrogens is 1. The lowest BCUT2D eigenvalue weighted by Crippen LogP contribution is -2.22. The van der Waals surface area contributed by atoms with E-state index in [1.165, 1.54) is 0 Å². The number of benzene rings is 2. The van der Waals surface area contributed by atoms with Crippen molar-refractivity contribution in [1.82, 2.24) is 4.98 Å². The minimum atomic E-state index is -0.532. The molecule has 7 nitrogen and oxygen atoms in total. The Bertz CT molecular complexity index is 908. The normalized spacial score (nSPS) is 10.6. The summed E-state index contributed by atoms with van der Waals surface area (Å²) in [5.41, 5.74) is 1.91. The van der Waals surface area contributed by atoms with E-state index in [4.69, 9.17) is 13.9 Å². The van der Waals surface area contributed by atoms with Crippen LogP contribution in [0.15, 0.2) is 58.2 Å². The number of oxazole rings is 1. The molecule has 1 amide bonds. The monoisotopic (exact) mass is 386 g/mol. The van der Waals surface area contributed by atoms with Crippen LogP contribution in [0.1, 0.15) is 6.92 Å². The molecule has 0 spiro atoms. The first-order valence-corrected chi connectivity index (χ1v) is 9.30. The van der Waals surface area contributed by atoms with Crippen molar-refractivity contribution in [2.75, 3.05) is 24.3 Å². The van der Waals surface area contributed by atoms with Crippen molar-refractivity contribution < 1.29 is 23.5 Å². The Morgan fingerprint density at radius 3 is 2.74 bits per heavy atom. The number of fused-ring (bicyclic) bond motifs is 1. The van der Waals surface area contributed by atoms with Gasteiger partial charge in [-0.05, 0) is 31.2 Å². The van der Waals surface area contributed by atoms with Crippen LogP contribution in [0.5, 0.6) is 5.75 Å². The van der Waals surface area contributed by atoms with Crippen molar-refractivity contribution in [2.24, 2.45) is 0 Å². The number of esters is 1. The van der Waals surface area contributed by atoms with Gasteiger partial charge in [-0.25, -0.2) is 4.98 Å². The number of thioether (sulfide) groups is 1. The quantitative estimate of drug-likeness (QED) is 0.468. The standard InChI is InChI=1S/C19H18N2O5S/c1-2-24-15-9-5-3-7-13(15)20-17(22)11-25-18(23)12-27-19-21-14-8-4-6-10-16(14)26-19/h3-10H,2,11-12H2,1H3,(H,20,22). The highest BCUT2D eigenvalue weighted by atomic mass is 32.2. The molecule has 2 aromatic carbocycles. The van der Waals surface area contributed by atoms with Gasteiger partial charge in [-0.2, -0.15) is 0 Å². The number of hydrogen-bond donors (Lipinski definition) is 1. The highest BCUT2D eigenvalue weighted by Crippen LogP contribution is 2.24. The molecular formula is C19H18N2O5S. The minimum absolute atomic E-state index is 0.00433. The number of nitrogens with one attached hydrogen (secondary N) is 1. The summed E-state index contributed by atoms with van der Waals surface area (Å²) < 4.78 is 15.9. The first-order chi connectivity index (χ1) is 13.2. The average Bonchev–Trinajstić information content (AvgIpc) is 3.09. The van der Waals surface area contributed by atoms with Gasteiger partial charge in [-0.1, -0.05) is 36.0 Å². The summed E-state index contributed by atoms with van der Waals surface area (Å²) in [6.07, 6.45) is 0. The molecule has 1 heterocycles. The number of ether oxygens (including phenoxy) is 2. The van der Waals surface area contributed by atoms with Crippen molar-refractivity contribution >= 4 is 40.4 Å². The van der Waals surface area contributed by atoms with Crippen LogP contribution in [0.4, 0.5) is 5.69 Å². The Balaban J connectivity index is 1.45. The lowest BCUT2D eigenvalue weighted by molar-refractivity contribution is -0.144. The molecular weight excluding hydrogens is 368 g/mol. The molecule has 0 unspecified atom stereocenters. The number of nitrogens with zero attached hydrogens (tertiary/aromatic N) is 1. The number of amides is 1. The fourth-order valence-electron chi connectivity index (χ4n) is 2.26. The summed E-state index contributed by atoms with van der Waals surface area (Å²) in [5, 5.41) is 3.04. The summed E-state index contributed by atoms with van der Waals surface area (Å²) in [6.45, 7) is 1.96. The van der Waals surface area contributed by atoms with Gasteiger partial charge < -0.3 is 19.2 Å². The Morgan fingerprint density at radius 1 is 1.15 bits per heavy atom. The van der Waals surface area contributed by atoms with Crippen molar-refractivity contribution in [3.63, 3.8) is 0 Å². The molecule has 0 bridgehead atoms. The Hall–Kier alpha value is -3.00. The molecule has 1 aromatic heterocycles. The third kappa shape index (κ3) is 5.24. The summed E-state index contributed by atoms with van der Waals surface area (Å²) in [7, 11) is 0. The van der Waals surface area contributed by atoms with Gasteiger partial charge in [0.25, 0.3) is 11.1 Å². The molecule has 1 N–H and O–H groups in total. The molecule has 0 radical (unpaired) electrons. The topological polar surface area (TPSA) is 90.7 Å². The summed E-state index contributed by atoms with van der Waals surface area (Å²) in [4.78, 5) is 28.1. The summed E-state index contributed by atoms with van der Waals surface area (Å²) in [6, 6.07) is 14.4. The maximum Gasteiger partial charge on any atom is 0.316 e. The minimum Gasteiger partial charge on any atom is -0.492 e. The van der Waals surface area contributed by atoms with Gasteiger partial charge in [0, 0.05) is 0 Å². The first-order valence-electron chi connectivity index (χ1n) is 8.31. The van der Waals surface area contributed by atoms with Crippen LogP contribution in [0.2, 0.25) is 0 Å². The molecule has 0 saturated carbocycles. The predicted octanol–water partition coefficient (Wildman–Crippen LogP) is 3.50. The SMILES string of the molecule is CCOc1ccccc1NC(=O)COC(=O)CSc1nc2ccccc2o1. The van der Waals surface area contributed by atoms with E-state index in [-0.39, 0.29) is 12.4 Å². The zero-order valence-electron chi connectivity index (χ0n) is 14.6. The van der Waals surface area contributed by atoms with Crippen LogP contribution < -0.4 is 10.1 Å². The van der Waals surface area contributed by atoms with Crippen LogP contribution in [0.25, 0.3) is 11.1 Å². The van der Waals surface area contributed by atoms with Crippen LogP contribution >= 0.6 is 11.8 Å². The van der Waals surface area contributed by atoms with E-state index in [2.05, 4.69) is 10.3 Å². The van der Waals surface area contributed by atoms with Gasteiger partial charge in [-0.3, -0.25) is 9.59 Å². The summed E-state index contributed by atoms with van der Waals surface area (Å²) in [5.74, 6) is -0.417. The van der Waals surface area contributed by atoms with Crippen molar-refractivity contribution in [3.8, 4) is 5.75 Å². The number of para-hydroxylation sites is 4. The van der Waals surface area contributed by atoms with Crippen molar-refractivity contribution in [2.45, 2.75) is 12.1 Å². The smallest absolute Gasteiger partial charge is 0.316 e. The largest absolute Gasteiger partial charge is 0.492 e. The maximum atomic E-state index is 12.0. The van der Waals surface area contributed by atoms with Crippen LogP contribution in [-0.2, 0) is 14.3 Å². The maximum absolute atomic E-state index is 12.0. The number of rotatable bonds is 8. The van der Waals surface area contributed by atoms with Crippen molar-refractivity contribution in [3.05, 3.63) is 48.5 Å². The molecule has 0 fully saturated rings. The van der Waals surface area contributed by atoms with E-state index >= 15 is 0 Å². The Morgan fingerprint density at radius 2 is 1.93 bits per heavy atom. The predicted molar refractivity (Wildman–Crippen MR) is 102 cm³/mol. The fourth-order valence-corrected chi connectivity index (χ4v) is 2.90. The molecule has 0 atom stereocenters. The van der Waals surface area contributed by atoms with Gasteiger partial charge in [0.15, 0.2) is 12.2 Å². The van der Waals surface area contributed by atoms with E-state index < -0.39 is 11.9 Å².